The van der Waals surface area contributed by atoms with Gasteiger partial charge in [0.2, 0.25) is 5.89 Å². The predicted octanol–water partition coefficient (Wildman–Crippen LogP) is 3.32. The van der Waals surface area contributed by atoms with Crippen LogP contribution in [0.15, 0.2) is 53.4 Å². The molecule has 0 amide bonds. The molecule has 1 saturated heterocycles. The molecule has 9 heteroatoms. The first-order valence-electron chi connectivity index (χ1n) is 10.1. The first kappa shape index (κ1) is 17.8. The van der Waals surface area contributed by atoms with E-state index in [1.54, 1.807) is 4.68 Å². The maximum absolute atomic E-state index is 5.30. The van der Waals surface area contributed by atoms with Gasteiger partial charge in [0.25, 0.3) is 0 Å². The normalized spacial score (nSPS) is 14.3. The molecule has 1 aliphatic heterocycles. The van der Waals surface area contributed by atoms with Gasteiger partial charge in [-0.05, 0) is 36.8 Å². The Balaban J connectivity index is 1.30. The monoisotopic (exact) mass is 412 g/mol. The zero-order valence-electron chi connectivity index (χ0n) is 17.1. The summed E-state index contributed by atoms with van der Waals surface area (Å²) in [6, 6.07) is 10.4. The topological polar surface area (TPSA) is 102 Å². The van der Waals surface area contributed by atoms with Crippen LogP contribution in [0.25, 0.3) is 33.3 Å². The first-order valence-corrected chi connectivity index (χ1v) is 10.1. The summed E-state index contributed by atoms with van der Waals surface area (Å²) in [6.07, 6.45) is 5.72. The molecule has 0 spiro atoms. The number of aromatic nitrogens is 7. The number of aryl methyl sites for hydroxylation is 2. The third-order valence-corrected chi connectivity index (χ3v) is 5.72. The van der Waals surface area contributed by atoms with Crippen LogP contribution in [0.5, 0.6) is 0 Å². The number of fused-ring (bicyclic) bond motifs is 1. The number of benzene rings is 1. The van der Waals surface area contributed by atoms with Gasteiger partial charge in [0.05, 0.1) is 17.6 Å². The predicted molar refractivity (Wildman–Crippen MR) is 116 cm³/mol. The Morgan fingerprint density at radius 2 is 2.00 bits per heavy atom. The van der Waals surface area contributed by atoms with E-state index in [9.17, 15) is 0 Å². The molecule has 1 aliphatic rings. The Labute approximate surface area is 177 Å². The van der Waals surface area contributed by atoms with E-state index >= 15 is 0 Å². The lowest BCUT2D eigenvalue weighted by atomic mass is 9.99. The second-order valence-electron chi connectivity index (χ2n) is 7.92. The Morgan fingerprint density at radius 3 is 2.77 bits per heavy atom. The lowest BCUT2D eigenvalue weighted by molar-refractivity contribution is 0.326. The van der Waals surface area contributed by atoms with Gasteiger partial charge in [-0.1, -0.05) is 11.2 Å². The Bertz CT molecular complexity index is 1390. The van der Waals surface area contributed by atoms with E-state index in [-0.39, 0.29) is 5.92 Å². The van der Waals surface area contributed by atoms with Crippen LogP contribution in [0.3, 0.4) is 0 Å². The Hall–Kier alpha value is -4.01. The quantitative estimate of drug-likeness (QED) is 0.483. The molecule has 0 aliphatic carbocycles. The van der Waals surface area contributed by atoms with Gasteiger partial charge in [0.1, 0.15) is 11.5 Å². The highest BCUT2D eigenvalue weighted by molar-refractivity contribution is 5.95. The number of hydrogen-bond acceptors (Lipinski definition) is 7. The summed E-state index contributed by atoms with van der Waals surface area (Å²) in [7, 11) is 1.92. The van der Waals surface area contributed by atoms with E-state index in [1.807, 2.05) is 38.6 Å². The van der Waals surface area contributed by atoms with Crippen LogP contribution in [0, 0.1) is 6.92 Å². The standard InChI is InChI=1S/C22H20N8O/c1-13-25-22(31-28-13)17-11-30(12-17)20-8-15(5-6-23-20)21-18-7-14(3-4-19(18)26-27-21)16-9-24-29(2)10-16/h3-10,17H,11-12H2,1-2H3,(H,26,27). The SMILES string of the molecule is Cc1noc(C2CN(c3cc(-c4n[nH]c5ccc(-c6cnn(C)c6)cc45)ccn3)C2)n1. The fraction of sp³-hybridized carbons (Fsp3) is 0.227. The summed E-state index contributed by atoms with van der Waals surface area (Å²) < 4.78 is 7.11. The van der Waals surface area contributed by atoms with Crippen LogP contribution >= 0.6 is 0 Å². The van der Waals surface area contributed by atoms with E-state index in [0.29, 0.717) is 11.7 Å². The van der Waals surface area contributed by atoms with Crippen molar-refractivity contribution >= 4 is 16.7 Å². The van der Waals surface area contributed by atoms with Crippen LogP contribution in [0.1, 0.15) is 17.6 Å². The van der Waals surface area contributed by atoms with Gasteiger partial charge in [-0.15, -0.1) is 0 Å². The van der Waals surface area contributed by atoms with Crippen molar-refractivity contribution in [3.8, 4) is 22.4 Å². The van der Waals surface area contributed by atoms with Gasteiger partial charge in [-0.2, -0.15) is 15.2 Å². The van der Waals surface area contributed by atoms with Crippen molar-refractivity contribution in [1.82, 2.24) is 35.1 Å². The summed E-state index contributed by atoms with van der Waals surface area (Å²) in [6.45, 7) is 3.46. The van der Waals surface area contributed by atoms with Gasteiger partial charge in [-0.25, -0.2) is 4.98 Å². The summed E-state index contributed by atoms with van der Waals surface area (Å²) >= 11 is 0. The number of nitrogens with one attached hydrogen (secondary N) is 1. The highest BCUT2D eigenvalue weighted by Gasteiger charge is 2.33. The molecule has 0 atom stereocenters. The number of nitrogens with zero attached hydrogens (tertiary/aromatic N) is 7. The number of H-pyrrole nitrogens is 1. The molecule has 0 bridgehead atoms. The molecule has 5 heterocycles. The number of aromatic amines is 1. The highest BCUT2D eigenvalue weighted by atomic mass is 16.5. The summed E-state index contributed by atoms with van der Waals surface area (Å²) in [4.78, 5) is 11.1. The maximum atomic E-state index is 5.30. The second kappa shape index (κ2) is 6.76. The van der Waals surface area contributed by atoms with E-state index in [2.05, 4.69) is 59.6 Å². The zero-order chi connectivity index (χ0) is 20.9. The lowest BCUT2D eigenvalue weighted by Gasteiger charge is -2.38. The van der Waals surface area contributed by atoms with Crippen molar-refractivity contribution < 1.29 is 4.52 Å². The van der Waals surface area contributed by atoms with E-state index < -0.39 is 0 Å². The van der Waals surface area contributed by atoms with Gasteiger partial charge in [0.15, 0.2) is 5.82 Å². The molecule has 0 radical (unpaired) electrons. The first-order chi connectivity index (χ1) is 15.1. The zero-order valence-corrected chi connectivity index (χ0v) is 17.1. The molecule has 1 fully saturated rings. The Kier molecular flexibility index (Phi) is 3.89. The molecule has 4 aromatic heterocycles. The molecular weight excluding hydrogens is 392 g/mol. The number of anilines is 1. The minimum Gasteiger partial charge on any atom is -0.355 e. The molecular formula is C22H20N8O. The van der Waals surface area contributed by atoms with Crippen LogP contribution in [-0.4, -0.2) is 48.2 Å². The largest absolute Gasteiger partial charge is 0.355 e. The number of hydrogen-bond donors (Lipinski definition) is 1. The van der Waals surface area contributed by atoms with Crippen LogP contribution in [0.2, 0.25) is 0 Å². The molecule has 5 aromatic rings. The number of rotatable bonds is 4. The maximum Gasteiger partial charge on any atom is 0.233 e. The Morgan fingerprint density at radius 1 is 1.10 bits per heavy atom. The molecule has 1 N–H and O–H groups in total. The van der Waals surface area contributed by atoms with Crippen LogP contribution in [-0.2, 0) is 7.05 Å². The van der Waals surface area contributed by atoms with Crippen molar-refractivity contribution in [2.75, 3.05) is 18.0 Å². The second-order valence-corrected chi connectivity index (χ2v) is 7.92. The lowest BCUT2D eigenvalue weighted by Crippen LogP contribution is -2.45. The summed E-state index contributed by atoms with van der Waals surface area (Å²) in [5, 5.41) is 17.0. The van der Waals surface area contributed by atoms with Gasteiger partial charge >= 0.3 is 0 Å². The van der Waals surface area contributed by atoms with Gasteiger partial charge < -0.3 is 9.42 Å². The molecule has 31 heavy (non-hydrogen) atoms. The van der Waals surface area contributed by atoms with Crippen LogP contribution in [0.4, 0.5) is 5.82 Å². The van der Waals surface area contributed by atoms with Crippen molar-refractivity contribution in [1.29, 1.82) is 0 Å². The smallest absolute Gasteiger partial charge is 0.233 e. The molecule has 6 rings (SSSR count). The third-order valence-electron chi connectivity index (χ3n) is 5.72. The molecule has 9 nitrogen and oxygen atoms in total. The van der Waals surface area contributed by atoms with Crippen molar-refractivity contribution in [2.45, 2.75) is 12.8 Å². The third kappa shape index (κ3) is 3.05. The molecule has 0 saturated carbocycles. The fourth-order valence-corrected chi connectivity index (χ4v) is 4.02. The fourth-order valence-electron chi connectivity index (χ4n) is 4.02. The van der Waals surface area contributed by atoms with Crippen molar-refractivity contribution in [2.24, 2.45) is 7.05 Å². The summed E-state index contributed by atoms with van der Waals surface area (Å²) in [5.41, 5.74) is 5.12. The van der Waals surface area contributed by atoms with Crippen LogP contribution < -0.4 is 4.90 Å². The van der Waals surface area contributed by atoms with Crippen molar-refractivity contribution in [3.05, 3.63) is 60.6 Å². The van der Waals surface area contributed by atoms with E-state index in [1.165, 1.54) is 0 Å². The highest BCUT2D eigenvalue weighted by Crippen LogP contribution is 2.34. The van der Waals surface area contributed by atoms with E-state index in [4.69, 9.17) is 4.52 Å². The van der Waals surface area contributed by atoms with E-state index in [0.717, 1.165) is 52.2 Å². The average Bonchev–Trinajstić information content (AvgIpc) is 3.46. The molecule has 0 unspecified atom stereocenters. The van der Waals surface area contributed by atoms with Gasteiger partial charge in [-0.3, -0.25) is 9.78 Å². The number of pyridine rings is 1. The minimum absolute atomic E-state index is 0.250. The summed E-state index contributed by atoms with van der Waals surface area (Å²) in [5.74, 6) is 2.54. The van der Waals surface area contributed by atoms with Gasteiger partial charge in [0, 0.05) is 49.0 Å². The molecule has 154 valence electrons. The van der Waals surface area contributed by atoms with Crippen molar-refractivity contribution in [3.63, 3.8) is 0 Å². The molecule has 1 aromatic carbocycles. The average molecular weight is 412 g/mol. The minimum atomic E-state index is 0.250.